The van der Waals surface area contributed by atoms with E-state index in [1.54, 1.807) is 0 Å². The number of nitrogens with one attached hydrogen (secondary N) is 1. The number of ether oxygens (including phenoxy) is 1. The van der Waals surface area contributed by atoms with Gasteiger partial charge in [0.15, 0.2) is 5.25 Å². The number of carbonyl (C=O) groups is 3. The Labute approximate surface area is 189 Å². The van der Waals surface area contributed by atoms with Crippen molar-refractivity contribution >= 4 is 28.0 Å². The van der Waals surface area contributed by atoms with E-state index in [0.717, 1.165) is 19.3 Å². The van der Waals surface area contributed by atoms with Gasteiger partial charge in [0.2, 0.25) is 0 Å². The minimum Gasteiger partial charge on any atom is -0.481 e. The second kappa shape index (κ2) is 15.9. The molecule has 1 aliphatic rings. The molecule has 1 rings (SSSR count). The maximum absolute atomic E-state index is 12.0. The predicted molar refractivity (Wildman–Crippen MR) is 116 cm³/mol. The first kappa shape index (κ1) is 30.2. The SMILES string of the molecule is CCCCCCCCCCC1(C(=O)NCCO)CCO1.O=C(O)CC(C(=O)O)S(=O)(=O)O. The molecule has 0 aliphatic carbocycles. The van der Waals surface area contributed by atoms with E-state index in [1.165, 1.54) is 44.9 Å². The summed E-state index contributed by atoms with van der Waals surface area (Å²) in [6.45, 7) is 3.23. The topological polar surface area (TPSA) is 188 Å². The number of rotatable bonds is 16. The zero-order valence-corrected chi connectivity index (χ0v) is 19.4. The molecule has 188 valence electrons. The van der Waals surface area contributed by atoms with Crippen molar-refractivity contribution in [1.82, 2.24) is 5.32 Å². The van der Waals surface area contributed by atoms with Crippen molar-refractivity contribution in [3.63, 3.8) is 0 Å². The first-order valence-electron chi connectivity index (χ1n) is 10.9. The molecule has 12 heteroatoms. The van der Waals surface area contributed by atoms with Gasteiger partial charge in [-0.1, -0.05) is 58.3 Å². The number of aliphatic carboxylic acids is 2. The quantitative estimate of drug-likeness (QED) is 0.159. The summed E-state index contributed by atoms with van der Waals surface area (Å²) in [6, 6.07) is 0. The minimum atomic E-state index is -4.84. The molecule has 0 bridgehead atoms. The van der Waals surface area contributed by atoms with Crippen molar-refractivity contribution in [3.8, 4) is 0 Å². The van der Waals surface area contributed by atoms with E-state index in [1.807, 2.05) is 0 Å². The van der Waals surface area contributed by atoms with Gasteiger partial charge in [-0.25, -0.2) is 0 Å². The fourth-order valence-electron chi connectivity index (χ4n) is 3.19. The van der Waals surface area contributed by atoms with E-state index < -0.39 is 39.3 Å². The molecule has 0 aromatic rings. The molecule has 2 atom stereocenters. The number of hydrogen-bond acceptors (Lipinski definition) is 7. The lowest BCUT2D eigenvalue weighted by molar-refractivity contribution is -0.179. The second-order valence-electron chi connectivity index (χ2n) is 7.74. The molecular formula is C20H37NO10S. The number of unbranched alkanes of at least 4 members (excludes halogenated alkanes) is 7. The van der Waals surface area contributed by atoms with E-state index in [-0.39, 0.29) is 12.5 Å². The molecule has 5 N–H and O–H groups in total. The predicted octanol–water partition coefficient (Wildman–Crippen LogP) is 1.59. The molecule has 0 saturated carbocycles. The van der Waals surface area contributed by atoms with Crippen LogP contribution in [-0.4, -0.2) is 76.7 Å². The summed E-state index contributed by atoms with van der Waals surface area (Å²) < 4.78 is 34.2. The number of carbonyl (C=O) groups excluding carboxylic acids is 1. The summed E-state index contributed by atoms with van der Waals surface area (Å²) in [5, 5.41) is 25.4. The zero-order valence-electron chi connectivity index (χ0n) is 18.6. The molecule has 0 radical (unpaired) electrons. The first-order chi connectivity index (χ1) is 15.0. The van der Waals surface area contributed by atoms with E-state index >= 15 is 0 Å². The molecule has 0 aromatic heterocycles. The van der Waals surface area contributed by atoms with Gasteiger partial charge in [0.1, 0.15) is 5.60 Å². The Hall–Kier alpha value is -1.76. The van der Waals surface area contributed by atoms with Crippen molar-refractivity contribution in [2.75, 3.05) is 19.8 Å². The normalized spacial score (nSPS) is 18.6. The van der Waals surface area contributed by atoms with Gasteiger partial charge in [-0.15, -0.1) is 0 Å². The largest absolute Gasteiger partial charge is 0.481 e. The summed E-state index contributed by atoms with van der Waals surface area (Å²) in [5.41, 5.74) is -0.586. The van der Waals surface area contributed by atoms with Gasteiger partial charge in [-0.2, -0.15) is 8.42 Å². The number of aliphatic hydroxyl groups is 1. The maximum Gasteiger partial charge on any atom is 0.325 e. The van der Waals surface area contributed by atoms with Crippen LogP contribution in [0.25, 0.3) is 0 Å². The van der Waals surface area contributed by atoms with Crippen LogP contribution < -0.4 is 5.32 Å². The molecule has 32 heavy (non-hydrogen) atoms. The fraction of sp³-hybridized carbons (Fsp3) is 0.850. The van der Waals surface area contributed by atoms with Gasteiger partial charge < -0.3 is 25.4 Å². The van der Waals surface area contributed by atoms with Crippen LogP contribution in [0.2, 0.25) is 0 Å². The van der Waals surface area contributed by atoms with Gasteiger partial charge in [0, 0.05) is 13.0 Å². The lowest BCUT2D eigenvalue weighted by atomic mass is 9.87. The zero-order chi connectivity index (χ0) is 24.6. The number of aliphatic hydroxyl groups excluding tert-OH is 1. The summed E-state index contributed by atoms with van der Waals surface area (Å²) in [5.74, 6) is -3.54. The molecule has 1 saturated heterocycles. The summed E-state index contributed by atoms with van der Waals surface area (Å²) in [4.78, 5) is 32.0. The summed E-state index contributed by atoms with van der Waals surface area (Å²) >= 11 is 0. The monoisotopic (exact) mass is 483 g/mol. The van der Waals surface area contributed by atoms with E-state index in [0.29, 0.717) is 13.2 Å². The Morgan fingerprint density at radius 3 is 1.91 bits per heavy atom. The number of carboxylic acids is 2. The Morgan fingerprint density at radius 2 is 1.56 bits per heavy atom. The van der Waals surface area contributed by atoms with Crippen LogP contribution in [0.4, 0.5) is 0 Å². The third-order valence-corrected chi connectivity index (χ3v) is 6.21. The highest BCUT2D eigenvalue weighted by Gasteiger charge is 2.44. The highest BCUT2D eigenvalue weighted by atomic mass is 32.2. The third kappa shape index (κ3) is 12.3. The van der Waals surface area contributed by atoms with Crippen molar-refractivity contribution in [2.24, 2.45) is 0 Å². The van der Waals surface area contributed by atoms with Crippen LogP contribution in [0, 0.1) is 0 Å². The van der Waals surface area contributed by atoms with Gasteiger partial charge in [0.25, 0.3) is 16.0 Å². The standard InChI is InChI=1S/C16H31NO3.C4H6O7S/c1-2-3-4-5-6-7-8-9-10-16(11-14-20-16)15(19)17-12-13-18;5-3(6)1-2(4(7)8)12(9,10)11/h18H,2-14H2,1H3,(H,17,19);2H,1H2,(H,5,6)(H,7,8)(H,9,10,11). The first-order valence-corrected chi connectivity index (χ1v) is 12.4. The van der Waals surface area contributed by atoms with Crippen molar-refractivity contribution < 1.29 is 47.4 Å². The summed E-state index contributed by atoms with van der Waals surface area (Å²) in [7, 11) is -4.84. The average Bonchev–Trinajstić information content (AvgIpc) is 2.67. The molecule has 1 heterocycles. The Kier molecular flexibility index (Phi) is 15.1. The van der Waals surface area contributed by atoms with Crippen LogP contribution in [-0.2, 0) is 29.2 Å². The fourth-order valence-corrected chi connectivity index (χ4v) is 3.80. The van der Waals surface area contributed by atoms with E-state index in [4.69, 9.17) is 24.6 Å². The molecule has 2 unspecified atom stereocenters. The Morgan fingerprint density at radius 1 is 1.03 bits per heavy atom. The second-order valence-corrected chi connectivity index (χ2v) is 9.34. The molecular weight excluding hydrogens is 446 g/mol. The molecule has 0 spiro atoms. The Bertz CT molecular complexity index is 676. The van der Waals surface area contributed by atoms with E-state index in [9.17, 15) is 22.8 Å². The van der Waals surface area contributed by atoms with Crippen LogP contribution in [0.1, 0.15) is 77.6 Å². The van der Waals surface area contributed by atoms with Crippen molar-refractivity contribution in [1.29, 1.82) is 0 Å². The highest BCUT2D eigenvalue weighted by molar-refractivity contribution is 7.87. The lowest BCUT2D eigenvalue weighted by Crippen LogP contribution is -2.56. The lowest BCUT2D eigenvalue weighted by Gasteiger charge is -2.40. The van der Waals surface area contributed by atoms with Gasteiger partial charge in [-0.3, -0.25) is 18.9 Å². The molecule has 1 fully saturated rings. The van der Waals surface area contributed by atoms with Gasteiger partial charge >= 0.3 is 11.9 Å². The molecule has 0 aromatic carbocycles. The maximum atomic E-state index is 12.0. The van der Waals surface area contributed by atoms with Gasteiger partial charge in [-0.05, 0) is 6.42 Å². The van der Waals surface area contributed by atoms with E-state index in [2.05, 4.69) is 12.2 Å². The number of amides is 1. The molecule has 1 amide bonds. The summed E-state index contributed by atoms with van der Waals surface area (Å²) in [6.07, 6.45) is 10.6. The molecule has 1 aliphatic heterocycles. The van der Waals surface area contributed by atoms with Crippen LogP contribution in [0.3, 0.4) is 0 Å². The van der Waals surface area contributed by atoms with Gasteiger partial charge in [0.05, 0.1) is 19.6 Å². The Balaban J connectivity index is 0.000000687. The number of hydrogen-bond donors (Lipinski definition) is 5. The highest BCUT2D eigenvalue weighted by Crippen LogP contribution is 2.32. The third-order valence-electron chi connectivity index (χ3n) is 5.12. The number of carboxylic acid groups (broad SMARTS) is 2. The van der Waals surface area contributed by atoms with Crippen molar-refractivity contribution in [3.05, 3.63) is 0 Å². The van der Waals surface area contributed by atoms with Crippen LogP contribution in [0.15, 0.2) is 0 Å². The van der Waals surface area contributed by atoms with Crippen LogP contribution >= 0.6 is 0 Å². The molecule has 11 nitrogen and oxygen atoms in total. The van der Waals surface area contributed by atoms with Crippen molar-refractivity contribution in [2.45, 2.75) is 88.4 Å². The minimum absolute atomic E-state index is 0.0143. The van der Waals surface area contributed by atoms with Crippen LogP contribution in [0.5, 0.6) is 0 Å². The smallest absolute Gasteiger partial charge is 0.325 e. The average molecular weight is 484 g/mol.